The van der Waals surface area contributed by atoms with Gasteiger partial charge in [-0.05, 0) is 24.6 Å². The predicted octanol–water partition coefficient (Wildman–Crippen LogP) is 2.18. The fraction of sp³-hybridized carbons (Fsp3) is 0.300. The molecule has 4 heteroatoms. The summed E-state index contributed by atoms with van der Waals surface area (Å²) in [6.45, 7) is 3.38. The number of carbonyl (C=O) groups is 1. The minimum absolute atomic E-state index is 0.0460. The molecule has 1 N–H and O–H groups in total. The summed E-state index contributed by atoms with van der Waals surface area (Å²) in [7, 11) is 0. The van der Waals surface area contributed by atoms with Crippen molar-refractivity contribution in [2.45, 2.75) is 6.92 Å². The first-order valence-corrected chi connectivity index (χ1v) is 4.88. The van der Waals surface area contributed by atoms with Gasteiger partial charge < -0.3 is 5.32 Å². The Kier molecular flexibility index (Phi) is 2.33. The van der Waals surface area contributed by atoms with E-state index in [1.54, 1.807) is 4.90 Å². The zero-order valence-electron chi connectivity index (χ0n) is 7.88. The van der Waals surface area contributed by atoms with Gasteiger partial charge in [0.15, 0.2) is 0 Å². The lowest BCUT2D eigenvalue weighted by atomic mass is 10.2. The number of anilines is 1. The second kappa shape index (κ2) is 3.50. The van der Waals surface area contributed by atoms with E-state index < -0.39 is 0 Å². The first-order valence-electron chi connectivity index (χ1n) is 4.50. The van der Waals surface area contributed by atoms with Crippen molar-refractivity contribution in [2.24, 2.45) is 0 Å². The Morgan fingerprint density at radius 1 is 1.50 bits per heavy atom. The van der Waals surface area contributed by atoms with E-state index in [9.17, 15) is 4.79 Å². The van der Waals surface area contributed by atoms with Gasteiger partial charge in [0.2, 0.25) is 0 Å². The van der Waals surface area contributed by atoms with Gasteiger partial charge in [-0.2, -0.15) is 0 Å². The molecule has 1 aromatic rings. The van der Waals surface area contributed by atoms with E-state index >= 15 is 0 Å². The Morgan fingerprint density at radius 3 is 2.93 bits per heavy atom. The number of benzene rings is 1. The van der Waals surface area contributed by atoms with Gasteiger partial charge in [-0.25, -0.2) is 4.79 Å². The van der Waals surface area contributed by atoms with E-state index in [1.807, 2.05) is 25.1 Å². The largest absolute Gasteiger partial charge is 0.336 e. The Bertz CT molecular complexity index is 378. The summed E-state index contributed by atoms with van der Waals surface area (Å²) < 4.78 is 0. The summed E-state index contributed by atoms with van der Waals surface area (Å²) in [6.07, 6.45) is 0. The molecule has 0 atom stereocenters. The maximum absolute atomic E-state index is 11.4. The van der Waals surface area contributed by atoms with Gasteiger partial charge in [-0.1, -0.05) is 17.7 Å². The molecule has 1 aromatic carbocycles. The summed E-state index contributed by atoms with van der Waals surface area (Å²) in [6, 6.07) is 5.52. The van der Waals surface area contributed by atoms with Crippen molar-refractivity contribution in [1.29, 1.82) is 0 Å². The molecule has 0 aromatic heterocycles. The molecule has 1 fully saturated rings. The van der Waals surface area contributed by atoms with Crippen molar-refractivity contribution in [3.63, 3.8) is 0 Å². The number of amides is 2. The summed E-state index contributed by atoms with van der Waals surface area (Å²) in [5.74, 6) is 0. The van der Waals surface area contributed by atoms with E-state index in [2.05, 4.69) is 5.32 Å². The molecule has 0 spiro atoms. The third-order valence-corrected chi connectivity index (χ3v) is 2.55. The summed E-state index contributed by atoms with van der Waals surface area (Å²) in [5, 5.41) is 3.42. The number of halogens is 1. The molecule has 1 saturated heterocycles. The standard InChI is InChI=1S/C10H11ClN2O/c1-7-2-3-8(11)6-9(7)13-5-4-12-10(13)14/h2-3,6H,4-5H2,1H3,(H,12,14). The molecule has 0 radical (unpaired) electrons. The first kappa shape index (κ1) is 9.34. The molecule has 14 heavy (non-hydrogen) atoms. The fourth-order valence-electron chi connectivity index (χ4n) is 1.57. The Hall–Kier alpha value is -1.22. The molecule has 3 nitrogen and oxygen atoms in total. The number of aryl methyl sites for hydroxylation is 1. The predicted molar refractivity (Wildman–Crippen MR) is 56.9 cm³/mol. The number of hydrogen-bond donors (Lipinski definition) is 1. The highest BCUT2D eigenvalue weighted by molar-refractivity contribution is 6.31. The smallest absolute Gasteiger partial charge is 0.322 e. The molecule has 1 aliphatic rings. The highest BCUT2D eigenvalue weighted by atomic mass is 35.5. The van der Waals surface area contributed by atoms with Crippen LogP contribution in [0.3, 0.4) is 0 Å². The third kappa shape index (κ3) is 1.55. The number of rotatable bonds is 1. The SMILES string of the molecule is Cc1ccc(Cl)cc1N1CCNC1=O. The van der Waals surface area contributed by atoms with Crippen molar-refractivity contribution < 1.29 is 4.79 Å². The van der Waals surface area contributed by atoms with Crippen LogP contribution >= 0.6 is 11.6 Å². The highest BCUT2D eigenvalue weighted by Crippen LogP contribution is 2.25. The van der Waals surface area contributed by atoms with Gasteiger partial charge >= 0.3 is 6.03 Å². The molecule has 2 amide bonds. The Labute approximate surface area is 87.7 Å². The van der Waals surface area contributed by atoms with Gasteiger partial charge in [0.1, 0.15) is 0 Å². The van der Waals surface area contributed by atoms with Gasteiger partial charge in [-0.15, -0.1) is 0 Å². The number of carbonyl (C=O) groups excluding carboxylic acids is 1. The second-order valence-electron chi connectivity index (χ2n) is 3.31. The average Bonchev–Trinajstić information content (AvgIpc) is 2.56. The normalized spacial score (nSPS) is 15.9. The van der Waals surface area contributed by atoms with E-state index in [-0.39, 0.29) is 6.03 Å². The van der Waals surface area contributed by atoms with Gasteiger partial charge in [0.25, 0.3) is 0 Å². The maximum Gasteiger partial charge on any atom is 0.322 e. The third-order valence-electron chi connectivity index (χ3n) is 2.32. The van der Waals surface area contributed by atoms with E-state index in [0.717, 1.165) is 11.3 Å². The van der Waals surface area contributed by atoms with Crippen molar-refractivity contribution in [2.75, 3.05) is 18.0 Å². The van der Waals surface area contributed by atoms with Crippen LogP contribution in [0.15, 0.2) is 18.2 Å². The molecule has 1 heterocycles. The maximum atomic E-state index is 11.4. The average molecular weight is 211 g/mol. The van der Waals surface area contributed by atoms with Crippen molar-refractivity contribution in [3.05, 3.63) is 28.8 Å². The summed E-state index contributed by atoms with van der Waals surface area (Å²) in [5.41, 5.74) is 1.96. The van der Waals surface area contributed by atoms with Gasteiger partial charge in [0, 0.05) is 23.8 Å². The highest BCUT2D eigenvalue weighted by Gasteiger charge is 2.22. The van der Waals surface area contributed by atoms with Crippen LogP contribution < -0.4 is 10.2 Å². The minimum atomic E-state index is -0.0460. The Balaban J connectivity index is 2.39. The van der Waals surface area contributed by atoms with Crippen LogP contribution in [0.2, 0.25) is 5.02 Å². The van der Waals surface area contributed by atoms with Gasteiger partial charge in [0.05, 0.1) is 0 Å². The Morgan fingerprint density at radius 2 is 2.29 bits per heavy atom. The van der Waals surface area contributed by atoms with Crippen molar-refractivity contribution >= 4 is 23.3 Å². The van der Waals surface area contributed by atoms with Gasteiger partial charge in [-0.3, -0.25) is 4.90 Å². The molecule has 2 rings (SSSR count). The minimum Gasteiger partial charge on any atom is -0.336 e. The van der Waals surface area contributed by atoms with Crippen LogP contribution in [0.4, 0.5) is 10.5 Å². The van der Waals surface area contributed by atoms with Crippen LogP contribution in [-0.2, 0) is 0 Å². The summed E-state index contributed by atoms with van der Waals surface area (Å²) in [4.78, 5) is 13.1. The summed E-state index contributed by atoms with van der Waals surface area (Å²) >= 11 is 5.88. The fourth-order valence-corrected chi connectivity index (χ4v) is 1.74. The second-order valence-corrected chi connectivity index (χ2v) is 3.75. The quantitative estimate of drug-likeness (QED) is 0.757. The lowest BCUT2D eigenvalue weighted by Crippen LogP contribution is -2.28. The molecule has 0 bridgehead atoms. The number of urea groups is 1. The molecule has 0 unspecified atom stereocenters. The van der Waals surface area contributed by atoms with E-state index in [1.165, 1.54) is 0 Å². The van der Waals surface area contributed by atoms with Crippen LogP contribution in [0, 0.1) is 6.92 Å². The topological polar surface area (TPSA) is 32.3 Å². The van der Waals surface area contributed by atoms with E-state index in [4.69, 9.17) is 11.6 Å². The van der Waals surface area contributed by atoms with Crippen LogP contribution in [0.1, 0.15) is 5.56 Å². The molecule has 0 saturated carbocycles. The van der Waals surface area contributed by atoms with Crippen LogP contribution in [-0.4, -0.2) is 19.1 Å². The number of hydrogen-bond acceptors (Lipinski definition) is 1. The number of nitrogens with zero attached hydrogens (tertiary/aromatic N) is 1. The van der Waals surface area contributed by atoms with E-state index in [0.29, 0.717) is 18.1 Å². The monoisotopic (exact) mass is 210 g/mol. The molecular formula is C10H11ClN2O. The molecular weight excluding hydrogens is 200 g/mol. The lowest BCUT2D eigenvalue weighted by Gasteiger charge is -2.16. The molecule has 1 aliphatic heterocycles. The van der Waals surface area contributed by atoms with Crippen molar-refractivity contribution in [3.8, 4) is 0 Å². The van der Waals surface area contributed by atoms with Crippen LogP contribution in [0.5, 0.6) is 0 Å². The zero-order valence-corrected chi connectivity index (χ0v) is 8.64. The lowest BCUT2D eigenvalue weighted by molar-refractivity contribution is 0.252. The molecule has 0 aliphatic carbocycles. The van der Waals surface area contributed by atoms with Crippen molar-refractivity contribution in [1.82, 2.24) is 5.32 Å². The first-order chi connectivity index (χ1) is 6.68. The molecule has 74 valence electrons. The number of nitrogens with one attached hydrogen (secondary N) is 1. The van der Waals surface area contributed by atoms with Crippen LogP contribution in [0.25, 0.3) is 0 Å². The zero-order chi connectivity index (χ0) is 10.1.